The summed E-state index contributed by atoms with van der Waals surface area (Å²) in [6.45, 7) is 0.829. The number of alkyl halides is 3. The first-order valence-corrected chi connectivity index (χ1v) is 5.24. The molecule has 88 valence electrons. The fraction of sp³-hybridized carbons (Fsp3) is 1.00. The van der Waals surface area contributed by atoms with Crippen molar-refractivity contribution in [3.63, 3.8) is 0 Å². The van der Waals surface area contributed by atoms with Crippen LogP contribution in [-0.4, -0.2) is 42.9 Å². The van der Waals surface area contributed by atoms with E-state index >= 15 is 0 Å². The van der Waals surface area contributed by atoms with Crippen molar-refractivity contribution >= 4 is 0 Å². The van der Waals surface area contributed by atoms with Crippen LogP contribution in [0.3, 0.4) is 0 Å². The Morgan fingerprint density at radius 2 is 2.07 bits per heavy atom. The third kappa shape index (κ3) is 2.83. The Kier molecular flexibility index (Phi) is 3.18. The van der Waals surface area contributed by atoms with Gasteiger partial charge in [-0.25, -0.2) is 0 Å². The van der Waals surface area contributed by atoms with Crippen LogP contribution in [-0.2, 0) is 4.84 Å². The predicted octanol–water partition coefficient (Wildman–Crippen LogP) is 1.31. The van der Waals surface area contributed by atoms with Gasteiger partial charge in [-0.3, -0.25) is 9.74 Å². The van der Waals surface area contributed by atoms with Crippen molar-refractivity contribution in [1.29, 1.82) is 0 Å². The van der Waals surface area contributed by atoms with Crippen molar-refractivity contribution in [3.05, 3.63) is 0 Å². The maximum absolute atomic E-state index is 11.8. The van der Waals surface area contributed by atoms with Gasteiger partial charge in [0.1, 0.15) is 0 Å². The van der Waals surface area contributed by atoms with Crippen LogP contribution in [0.25, 0.3) is 0 Å². The minimum atomic E-state index is -4.25. The van der Waals surface area contributed by atoms with Crippen LogP contribution in [0.1, 0.15) is 19.3 Å². The molecule has 2 rings (SSSR count). The third-order valence-corrected chi connectivity index (χ3v) is 3.08. The minimum absolute atomic E-state index is 0.0647. The Morgan fingerprint density at radius 1 is 1.27 bits per heavy atom. The van der Waals surface area contributed by atoms with E-state index in [9.17, 15) is 13.2 Å². The molecule has 2 aliphatic rings. The first-order chi connectivity index (χ1) is 7.06. The number of hydroxylamine groups is 1. The predicted molar refractivity (Wildman–Crippen MR) is 48.1 cm³/mol. The van der Waals surface area contributed by atoms with Crippen molar-refractivity contribution in [3.8, 4) is 0 Å². The van der Waals surface area contributed by atoms with E-state index in [1.54, 1.807) is 0 Å². The lowest BCUT2D eigenvalue weighted by molar-refractivity contribution is -0.193. The lowest BCUT2D eigenvalue weighted by Crippen LogP contribution is -2.40. The molecule has 2 unspecified atom stereocenters. The molecule has 2 fully saturated rings. The fourth-order valence-corrected chi connectivity index (χ4v) is 2.45. The summed E-state index contributed by atoms with van der Waals surface area (Å²) in [6.07, 6.45) is -1.17. The SMILES string of the molecule is FC(F)(F)CONC1CCN2CCCC12. The normalized spacial score (nSPS) is 32.2. The van der Waals surface area contributed by atoms with Gasteiger partial charge in [0.25, 0.3) is 0 Å². The summed E-state index contributed by atoms with van der Waals surface area (Å²) < 4.78 is 35.5. The molecule has 0 spiro atoms. The van der Waals surface area contributed by atoms with E-state index in [-0.39, 0.29) is 6.04 Å². The third-order valence-electron chi connectivity index (χ3n) is 3.08. The Hall–Kier alpha value is -0.330. The Labute approximate surface area is 86.5 Å². The molecule has 1 N–H and O–H groups in total. The molecule has 2 atom stereocenters. The Bertz CT molecular complexity index is 222. The van der Waals surface area contributed by atoms with Crippen molar-refractivity contribution < 1.29 is 18.0 Å². The standard InChI is InChI=1S/C9H15F3N2O/c10-9(11,12)6-15-13-7-3-5-14-4-1-2-8(7)14/h7-8,13H,1-6H2. The monoisotopic (exact) mass is 224 g/mol. The second-order valence-electron chi connectivity index (χ2n) is 4.16. The molecule has 0 bridgehead atoms. The highest BCUT2D eigenvalue weighted by atomic mass is 19.4. The Balaban J connectivity index is 1.71. The summed E-state index contributed by atoms with van der Waals surface area (Å²) in [7, 11) is 0. The molecule has 0 aromatic carbocycles. The van der Waals surface area contributed by atoms with Gasteiger partial charge in [0.05, 0.1) is 0 Å². The van der Waals surface area contributed by atoms with Crippen molar-refractivity contribution in [2.24, 2.45) is 0 Å². The van der Waals surface area contributed by atoms with Crippen molar-refractivity contribution in [1.82, 2.24) is 10.4 Å². The highest BCUT2D eigenvalue weighted by Crippen LogP contribution is 2.28. The largest absolute Gasteiger partial charge is 0.413 e. The topological polar surface area (TPSA) is 24.5 Å². The average molecular weight is 224 g/mol. The van der Waals surface area contributed by atoms with Gasteiger partial charge in [0.15, 0.2) is 6.61 Å². The molecule has 0 saturated carbocycles. The lowest BCUT2D eigenvalue weighted by atomic mass is 10.1. The van der Waals surface area contributed by atoms with Gasteiger partial charge in [-0.15, -0.1) is 0 Å². The summed E-state index contributed by atoms with van der Waals surface area (Å²) in [4.78, 5) is 6.80. The first-order valence-electron chi connectivity index (χ1n) is 5.24. The lowest BCUT2D eigenvalue weighted by Gasteiger charge is -2.21. The van der Waals surface area contributed by atoms with Gasteiger partial charge in [-0.2, -0.15) is 18.7 Å². The quantitative estimate of drug-likeness (QED) is 0.731. The van der Waals surface area contributed by atoms with E-state index in [2.05, 4.69) is 15.2 Å². The summed E-state index contributed by atoms with van der Waals surface area (Å²) in [5, 5.41) is 0. The molecular weight excluding hydrogens is 209 g/mol. The number of hydrogen-bond acceptors (Lipinski definition) is 3. The van der Waals surface area contributed by atoms with E-state index in [1.165, 1.54) is 0 Å². The fourth-order valence-electron chi connectivity index (χ4n) is 2.45. The minimum Gasteiger partial charge on any atom is -0.299 e. The van der Waals surface area contributed by atoms with E-state index in [1.807, 2.05) is 0 Å². The molecular formula is C9H15F3N2O. The van der Waals surface area contributed by atoms with E-state index < -0.39 is 12.8 Å². The van der Waals surface area contributed by atoms with E-state index in [4.69, 9.17) is 0 Å². The highest BCUT2D eigenvalue weighted by molar-refractivity contribution is 4.94. The van der Waals surface area contributed by atoms with Crippen LogP contribution in [0.15, 0.2) is 0 Å². The zero-order chi connectivity index (χ0) is 10.9. The van der Waals surface area contributed by atoms with E-state index in [0.717, 1.165) is 32.4 Å². The smallest absolute Gasteiger partial charge is 0.299 e. The van der Waals surface area contributed by atoms with Gasteiger partial charge in [-0.05, 0) is 25.8 Å². The van der Waals surface area contributed by atoms with Crippen molar-refractivity contribution in [2.75, 3.05) is 19.7 Å². The number of halogens is 3. The van der Waals surface area contributed by atoms with Crippen LogP contribution in [0.2, 0.25) is 0 Å². The number of nitrogens with one attached hydrogen (secondary N) is 1. The van der Waals surface area contributed by atoms with Gasteiger partial charge < -0.3 is 0 Å². The summed E-state index contributed by atoms with van der Waals surface area (Å²) in [6, 6.07) is 0.438. The van der Waals surface area contributed by atoms with Crippen LogP contribution < -0.4 is 5.48 Å². The number of nitrogens with zero attached hydrogens (tertiary/aromatic N) is 1. The summed E-state index contributed by atoms with van der Waals surface area (Å²) in [5.41, 5.74) is 2.55. The highest BCUT2D eigenvalue weighted by Gasteiger charge is 2.38. The van der Waals surface area contributed by atoms with E-state index in [0.29, 0.717) is 6.04 Å². The average Bonchev–Trinajstić information content (AvgIpc) is 2.66. The molecule has 2 saturated heterocycles. The van der Waals surface area contributed by atoms with Crippen LogP contribution in [0.4, 0.5) is 13.2 Å². The molecule has 0 aliphatic carbocycles. The maximum atomic E-state index is 11.8. The van der Waals surface area contributed by atoms with Crippen LogP contribution >= 0.6 is 0 Å². The summed E-state index contributed by atoms with van der Waals surface area (Å²) >= 11 is 0. The molecule has 3 nitrogen and oxygen atoms in total. The van der Waals surface area contributed by atoms with Gasteiger partial charge in [-0.1, -0.05) is 0 Å². The van der Waals surface area contributed by atoms with Gasteiger partial charge in [0, 0.05) is 18.6 Å². The molecule has 0 amide bonds. The van der Waals surface area contributed by atoms with Gasteiger partial charge >= 0.3 is 6.18 Å². The maximum Gasteiger partial charge on any atom is 0.413 e. The Morgan fingerprint density at radius 3 is 2.80 bits per heavy atom. The van der Waals surface area contributed by atoms with Crippen LogP contribution in [0, 0.1) is 0 Å². The molecule has 15 heavy (non-hydrogen) atoms. The molecule has 0 radical (unpaired) electrons. The zero-order valence-electron chi connectivity index (χ0n) is 8.39. The molecule has 2 heterocycles. The second-order valence-corrected chi connectivity index (χ2v) is 4.16. The first kappa shape index (κ1) is 11.2. The summed E-state index contributed by atoms with van der Waals surface area (Å²) in [5.74, 6) is 0. The molecule has 6 heteroatoms. The van der Waals surface area contributed by atoms with Gasteiger partial charge in [0.2, 0.25) is 0 Å². The second kappa shape index (κ2) is 4.27. The number of hydrogen-bond donors (Lipinski definition) is 1. The molecule has 2 aliphatic heterocycles. The molecule has 0 aromatic heterocycles. The van der Waals surface area contributed by atoms with Crippen LogP contribution in [0.5, 0.6) is 0 Å². The zero-order valence-corrected chi connectivity index (χ0v) is 8.39. The molecule has 0 aromatic rings. The number of rotatable bonds is 3. The van der Waals surface area contributed by atoms with Crippen molar-refractivity contribution in [2.45, 2.75) is 37.5 Å². The number of fused-ring (bicyclic) bond motifs is 1.